The molecular formula is C25H36N6O2. The molecule has 33 heavy (non-hydrogen) atoms. The van der Waals surface area contributed by atoms with Gasteiger partial charge in [0, 0.05) is 49.1 Å². The minimum Gasteiger partial charge on any atom is -0.444 e. The number of aromatic nitrogens is 3. The Morgan fingerprint density at radius 2 is 2.09 bits per heavy atom. The Morgan fingerprint density at radius 1 is 1.30 bits per heavy atom. The zero-order valence-corrected chi connectivity index (χ0v) is 20.0. The van der Waals surface area contributed by atoms with Gasteiger partial charge in [0.05, 0.1) is 23.5 Å². The zero-order chi connectivity index (χ0) is 23.2. The first-order valence-corrected chi connectivity index (χ1v) is 12.3. The molecular weight excluding hydrogens is 416 g/mol. The first-order chi connectivity index (χ1) is 15.8. The second-order valence-corrected chi connectivity index (χ2v) is 10.7. The van der Waals surface area contributed by atoms with Crippen LogP contribution >= 0.6 is 0 Å². The summed E-state index contributed by atoms with van der Waals surface area (Å²) in [4.78, 5) is 19.7. The number of hydrogen-bond donors (Lipinski definition) is 2. The van der Waals surface area contributed by atoms with Crippen LogP contribution in [0.25, 0.3) is 11.3 Å². The molecule has 2 aromatic heterocycles. The maximum atomic E-state index is 13.1. The molecule has 3 fully saturated rings. The van der Waals surface area contributed by atoms with Crippen molar-refractivity contribution in [1.29, 1.82) is 0 Å². The van der Waals surface area contributed by atoms with Gasteiger partial charge in [-0.25, -0.2) is 4.79 Å². The van der Waals surface area contributed by atoms with Crippen molar-refractivity contribution >= 4 is 6.09 Å². The molecule has 0 spiro atoms. The van der Waals surface area contributed by atoms with Gasteiger partial charge in [0.25, 0.3) is 0 Å². The second kappa shape index (κ2) is 8.72. The molecule has 3 aliphatic rings. The number of carbonyl (C=O) groups is 1. The van der Waals surface area contributed by atoms with E-state index in [4.69, 9.17) is 20.6 Å². The van der Waals surface area contributed by atoms with E-state index in [1.54, 1.807) is 0 Å². The Labute approximate surface area is 195 Å². The van der Waals surface area contributed by atoms with Crippen LogP contribution in [-0.2, 0) is 4.74 Å². The fourth-order valence-electron chi connectivity index (χ4n) is 4.98. The van der Waals surface area contributed by atoms with Gasteiger partial charge in [-0.15, -0.1) is 0 Å². The maximum Gasteiger partial charge on any atom is 0.410 e. The molecule has 0 aromatic carbocycles. The van der Waals surface area contributed by atoms with Crippen molar-refractivity contribution in [3.8, 4) is 11.3 Å². The van der Waals surface area contributed by atoms with Crippen LogP contribution in [0.5, 0.6) is 0 Å². The molecule has 3 heterocycles. The molecule has 178 valence electrons. The monoisotopic (exact) mass is 452 g/mol. The third-order valence-electron chi connectivity index (χ3n) is 6.97. The fourth-order valence-corrected chi connectivity index (χ4v) is 4.98. The van der Waals surface area contributed by atoms with Gasteiger partial charge in [0.1, 0.15) is 5.60 Å². The van der Waals surface area contributed by atoms with Crippen molar-refractivity contribution in [3.05, 3.63) is 35.8 Å². The molecule has 2 saturated carbocycles. The molecule has 8 heteroatoms. The number of hydrogen-bond acceptors (Lipinski definition) is 6. The van der Waals surface area contributed by atoms with Crippen LogP contribution in [0.15, 0.2) is 24.5 Å². The van der Waals surface area contributed by atoms with E-state index < -0.39 is 5.60 Å². The zero-order valence-electron chi connectivity index (χ0n) is 20.0. The van der Waals surface area contributed by atoms with Gasteiger partial charge in [-0.3, -0.25) is 14.6 Å². The van der Waals surface area contributed by atoms with Gasteiger partial charge in [-0.1, -0.05) is 6.07 Å². The van der Waals surface area contributed by atoms with Crippen LogP contribution in [0.1, 0.15) is 75.7 Å². The van der Waals surface area contributed by atoms with Crippen molar-refractivity contribution in [1.82, 2.24) is 25.0 Å². The van der Waals surface area contributed by atoms with Gasteiger partial charge < -0.3 is 15.8 Å². The molecule has 3 N–H and O–H groups in total. The van der Waals surface area contributed by atoms with Crippen molar-refractivity contribution in [2.75, 3.05) is 26.2 Å². The van der Waals surface area contributed by atoms with Crippen LogP contribution in [0.4, 0.5) is 4.79 Å². The van der Waals surface area contributed by atoms with E-state index in [1.165, 1.54) is 12.8 Å². The van der Waals surface area contributed by atoms with Gasteiger partial charge in [0.15, 0.2) is 0 Å². The highest BCUT2D eigenvalue weighted by molar-refractivity contribution is 5.72. The summed E-state index contributed by atoms with van der Waals surface area (Å²) in [5.41, 5.74) is 9.56. The molecule has 5 rings (SSSR count). The predicted octanol–water partition coefficient (Wildman–Crippen LogP) is 3.61. The summed E-state index contributed by atoms with van der Waals surface area (Å²) in [6, 6.07) is 4.34. The molecule has 2 aliphatic carbocycles. The van der Waals surface area contributed by atoms with E-state index in [-0.39, 0.29) is 12.1 Å². The van der Waals surface area contributed by atoms with Gasteiger partial charge in [0.2, 0.25) is 0 Å². The third kappa shape index (κ3) is 4.64. The predicted molar refractivity (Wildman–Crippen MR) is 127 cm³/mol. The number of carbonyl (C=O) groups excluding carboxylic acids is 1. The molecule has 1 aliphatic heterocycles. The average molecular weight is 453 g/mol. The van der Waals surface area contributed by atoms with Crippen LogP contribution < -0.4 is 11.1 Å². The summed E-state index contributed by atoms with van der Waals surface area (Å²) in [5.74, 6) is 1.11. The highest BCUT2D eigenvalue weighted by Gasteiger charge is 2.37. The quantitative estimate of drug-likeness (QED) is 0.719. The second-order valence-electron chi connectivity index (χ2n) is 10.7. The number of nitrogens with one attached hydrogen (secondary N) is 1. The first kappa shape index (κ1) is 22.3. The van der Waals surface area contributed by atoms with E-state index >= 15 is 0 Å². The lowest BCUT2D eigenvalue weighted by Crippen LogP contribution is -2.50. The van der Waals surface area contributed by atoms with Crippen molar-refractivity contribution in [2.45, 2.75) is 70.1 Å². The minimum absolute atomic E-state index is 0.141. The number of amides is 1. The van der Waals surface area contributed by atoms with Crippen LogP contribution in [0.3, 0.4) is 0 Å². The van der Waals surface area contributed by atoms with Crippen LogP contribution in [0.2, 0.25) is 0 Å². The van der Waals surface area contributed by atoms with Gasteiger partial charge >= 0.3 is 6.09 Å². The summed E-state index contributed by atoms with van der Waals surface area (Å²) in [5, 5.41) is 8.50. The number of pyridine rings is 1. The molecule has 1 atom stereocenters. The lowest BCUT2D eigenvalue weighted by atomic mass is 9.80. The lowest BCUT2D eigenvalue weighted by Gasteiger charge is -2.37. The smallest absolute Gasteiger partial charge is 0.410 e. The highest BCUT2D eigenvalue weighted by Crippen LogP contribution is 2.46. The Hall–Kier alpha value is -2.45. The number of nitrogens with two attached hydrogens (primary N) is 1. The van der Waals surface area contributed by atoms with E-state index in [9.17, 15) is 4.79 Å². The summed E-state index contributed by atoms with van der Waals surface area (Å²) in [6.45, 7) is 8.49. The van der Waals surface area contributed by atoms with Crippen molar-refractivity contribution in [3.63, 3.8) is 0 Å². The fraction of sp³-hybridized carbons (Fsp3) is 0.640. The minimum atomic E-state index is -0.533. The molecule has 8 nitrogen and oxygen atoms in total. The summed E-state index contributed by atoms with van der Waals surface area (Å²) in [7, 11) is 0. The first-order valence-electron chi connectivity index (χ1n) is 12.3. The Morgan fingerprint density at radius 3 is 2.79 bits per heavy atom. The van der Waals surface area contributed by atoms with Crippen molar-refractivity contribution < 1.29 is 9.53 Å². The number of rotatable bonds is 5. The summed E-state index contributed by atoms with van der Waals surface area (Å²) in [6.07, 6.45) is 8.30. The number of nitrogens with zero attached hydrogens (tertiary/aromatic N) is 4. The van der Waals surface area contributed by atoms with Gasteiger partial charge in [-0.05, 0) is 65.0 Å². The normalized spacial score (nSPS) is 25.6. The highest BCUT2D eigenvalue weighted by atomic mass is 16.6. The third-order valence-corrected chi connectivity index (χ3v) is 6.97. The lowest BCUT2D eigenvalue weighted by molar-refractivity contribution is 0.0118. The molecule has 1 unspecified atom stereocenters. The van der Waals surface area contributed by atoms with E-state index in [1.807, 2.05) is 37.9 Å². The largest absolute Gasteiger partial charge is 0.444 e. The van der Waals surface area contributed by atoms with E-state index in [0.717, 1.165) is 48.4 Å². The SMILES string of the molecule is CC(C)(C)OC(=O)N1CCNCC1c1cccnc1-c1cn(C2CC(CN)C2)nc1C1CC1. The van der Waals surface area contributed by atoms with Crippen LogP contribution in [0, 0.1) is 5.92 Å². The molecule has 2 aromatic rings. The molecule has 1 saturated heterocycles. The standard InChI is InChI=1S/C25H36N6O2/c1-25(2,3)33-24(32)30-10-9-27-14-21(30)19-5-4-8-28-23(19)20-15-31(18-11-16(12-18)13-26)29-22(20)17-6-7-17/h4-5,8,15-18,21,27H,6-7,9-14,26H2,1-3H3. The van der Waals surface area contributed by atoms with Crippen LogP contribution in [-0.4, -0.2) is 57.5 Å². The average Bonchev–Trinajstić information content (AvgIpc) is 3.51. The topological polar surface area (TPSA) is 98.3 Å². The van der Waals surface area contributed by atoms with Gasteiger partial charge in [-0.2, -0.15) is 5.10 Å². The Balaban J connectivity index is 1.49. The Kier molecular flexibility index (Phi) is 5.91. The molecule has 0 radical (unpaired) electrons. The summed E-state index contributed by atoms with van der Waals surface area (Å²) >= 11 is 0. The van der Waals surface area contributed by atoms with Crippen molar-refractivity contribution in [2.24, 2.45) is 11.7 Å². The molecule has 1 amide bonds. The summed E-state index contributed by atoms with van der Waals surface area (Å²) < 4.78 is 7.89. The maximum absolute atomic E-state index is 13.1. The van der Waals surface area contributed by atoms with E-state index in [2.05, 4.69) is 22.3 Å². The Bertz CT molecular complexity index is 1000. The molecule has 0 bridgehead atoms. The van der Waals surface area contributed by atoms with E-state index in [0.29, 0.717) is 31.0 Å². The number of ether oxygens (including phenoxy) is 1. The number of piperazine rings is 1.